The topological polar surface area (TPSA) is 71.4 Å². The Morgan fingerprint density at radius 2 is 1.66 bits per heavy atom. The number of imide groups is 1. The number of carbonyl (C=O) groups is 3. The molecule has 192 valence electrons. The van der Waals surface area contributed by atoms with E-state index in [0.29, 0.717) is 17.8 Å². The molecule has 5 rings (SSSR count). The monoisotopic (exact) mass is 527 g/mol. The summed E-state index contributed by atoms with van der Waals surface area (Å²) < 4.78 is 16.4. The van der Waals surface area contributed by atoms with E-state index < -0.39 is 17.1 Å². The predicted molar refractivity (Wildman–Crippen MR) is 149 cm³/mol. The average Bonchev–Trinajstić information content (AvgIpc) is 3.28. The first-order valence-electron chi connectivity index (χ1n) is 12.2. The van der Waals surface area contributed by atoms with Crippen LogP contribution in [-0.4, -0.2) is 33.1 Å². The quantitative estimate of drug-likeness (QED) is 0.294. The van der Waals surface area contributed by atoms with E-state index in [-0.39, 0.29) is 17.3 Å². The maximum absolute atomic E-state index is 14.4. The molecule has 0 atom stereocenters. The van der Waals surface area contributed by atoms with Crippen LogP contribution in [0.25, 0.3) is 17.0 Å². The van der Waals surface area contributed by atoms with Crippen LogP contribution in [-0.2, 0) is 16.1 Å². The summed E-state index contributed by atoms with van der Waals surface area (Å²) in [7, 11) is 0. The number of thioether (sulfide) groups is 1. The second kappa shape index (κ2) is 10.3. The maximum Gasteiger partial charge on any atom is 0.294 e. The normalized spacial score (nSPS) is 14.6. The minimum absolute atomic E-state index is 0.242. The standard InChI is InChI=1S/C30H26FN3O3S/c1-18-12-19(2)14-22(13-18)32-28(35)17-34-29(36)27(38-30(34)37)15-24-20(3)33(26-11-7-5-9-23(24)26)16-21-8-4-6-10-25(21)31/h4-15H,16-17H2,1-3H3,(H,32,35)/b27-15-. The smallest absolute Gasteiger partial charge is 0.294 e. The summed E-state index contributed by atoms with van der Waals surface area (Å²) in [5, 5.41) is 3.17. The predicted octanol–water partition coefficient (Wildman–Crippen LogP) is 6.43. The minimum atomic E-state index is -0.513. The molecule has 3 amide bonds. The van der Waals surface area contributed by atoms with Crippen molar-refractivity contribution in [1.29, 1.82) is 0 Å². The van der Waals surface area contributed by atoms with Gasteiger partial charge in [-0.3, -0.25) is 19.3 Å². The molecule has 1 N–H and O–H groups in total. The van der Waals surface area contributed by atoms with Crippen LogP contribution in [0.15, 0.2) is 71.6 Å². The fraction of sp³-hybridized carbons (Fsp3) is 0.167. The Bertz CT molecular complexity index is 1620. The SMILES string of the molecule is Cc1cc(C)cc(NC(=O)CN2C(=O)S/C(=C\c3c(C)n(Cc4ccccc4F)c4ccccc34)C2=O)c1. The lowest BCUT2D eigenvalue weighted by molar-refractivity contribution is -0.127. The van der Waals surface area contributed by atoms with Gasteiger partial charge in [-0.25, -0.2) is 4.39 Å². The molecule has 1 saturated heterocycles. The number of aromatic nitrogens is 1. The number of halogens is 1. The fourth-order valence-electron chi connectivity index (χ4n) is 4.80. The number of amides is 3. The summed E-state index contributed by atoms with van der Waals surface area (Å²) in [5.41, 5.74) is 5.69. The van der Waals surface area contributed by atoms with Crippen LogP contribution in [0.4, 0.5) is 14.9 Å². The third-order valence-electron chi connectivity index (χ3n) is 6.52. The van der Waals surface area contributed by atoms with Crippen LogP contribution in [0.5, 0.6) is 0 Å². The number of fused-ring (bicyclic) bond motifs is 1. The molecule has 0 unspecified atom stereocenters. The van der Waals surface area contributed by atoms with Crippen LogP contribution in [0.1, 0.15) is 27.9 Å². The summed E-state index contributed by atoms with van der Waals surface area (Å²) in [6.45, 7) is 5.72. The Hall–Kier alpha value is -4.17. The number of anilines is 1. The molecule has 0 aliphatic carbocycles. The molecule has 0 saturated carbocycles. The van der Waals surface area contributed by atoms with Gasteiger partial charge in [0.25, 0.3) is 11.1 Å². The van der Waals surface area contributed by atoms with Gasteiger partial charge in [0.2, 0.25) is 5.91 Å². The van der Waals surface area contributed by atoms with Gasteiger partial charge in [0, 0.05) is 33.4 Å². The van der Waals surface area contributed by atoms with Gasteiger partial charge in [-0.2, -0.15) is 0 Å². The van der Waals surface area contributed by atoms with Crippen molar-refractivity contribution in [3.63, 3.8) is 0 Å². The van der Waals surface area contributed by atoms with Crippen molar-refractivity contribution < 1.29 is 18.8 Å². The van der Waals surface area contributed by atoms with Gasteiger partial charge in [-0.1, -0.05) is 42.5 Å². The molecule has 38 heavy (non-hydrogen) atoms. The Morgan fingerprint density at radius 3 is 2.39 bits per heavy atom. The number of benzene rings is 3. The highest BCUT2D eigenvalue weighted by molar-refractivity contribution is 8.18. The molecule has 6 nitrogen and oxygen atoms in total. The molecular formula is C30H26FN3O3S. The Morgan fingerprint density at radius 1 is 0.974 bits per heavy atom. The van der Waals surface area contributed by atoms with Crippen molar-refractivity contribution in [1.82, 2.24) is 9.47 Å². The summed E-state index contributed by atoms with van der Waals surface area (Å²) >= 11 is 0.812. The van der Waals surface area contributed by atoms with Gasteiger partial charge in [-0.15, -0.1) is 0 Å². The zero-order chi connectivity index (χ0) is 27.0. The third-order valence-corrected chi connectivity index (χ3v) is 7.43. The number of rotatable bonds is 6. The number of para-hydroxylation sites is 1. The van der Waals surface area contributed by atoms with Crippen molar-refractivity contribution in [3.8, 4) is 0 Å². The molecule has 2 heterocycles. The number of nitrogens with zero attached hydrogens (tertiary/aromatic N) is 2. The lowest BCUT2D eigenvalue weighted by Crippen LogP contribution is -2.36. The first-order chi connectivity index (χ1) is 18.2. The van der Waals surface area contributed by atoms with E-state index in [2.05, 4.69) is 5.32 Å². The number of hydrogen-bond acceptors (Lipinski definition) is 4. The van der Waals surface area contributed by atoms with Gasteiger partial charge < -0.3 is 9.88 Å². The number of hydrogen-bond donors (Lipinski definition) is 1. The lowest BCUT2D eigenvalue weighted by atomic mass is 10.1. The highest BCUT2D eigenvalue weighted by Crippen LogP contribution is 2.36. The minimum Gasteiger partial charge on any atom is -0.340 e. The van der Waals surface area contributed by atoms with E-state index in [4.69, 9.17) is 0 Å². The van der Waals surface area contributed by atoms with Crippen molar-refractivity contribution in [2.75, 3.05) is 11.9 Å². The lowest BCUT2D eigenvalue weighted by Gasteiger charge is -2.13. The Balaban J connectivity index is 1.42. The first-order valence-corrected chi connectivity index (χ1v) is 13.0. The summed E-state index contributed by atoms with van der Waals surface area (Å²) in [5.74, 6) is -1.25. The van der Waals surface area contributed by atoms with E-state index >= 15 is 0 Å². The van der Waals surface area contributed by atoms with Gasteiger partial charge >= 0.3 is 0 Å². The molecule has 0 spiro atoms. The molecule has 0 radical (unpaired) electrons. The van der Waals surface area contributed by atoms with Crippen LogP contribution in [0.2, 0.25) is 0 Å². The van der Waals surface area contributed by atoms with Gasteiger partial charge in [-0.05, 0) is 74.0 Å². The largest absolute Gasteiger partial charge is 0.340 e. The third kappa shape index (κ3) is 4.99. The molecule has 4 aromatic rings. The second-order valence-electron chi connectivity index (χ2n) is 9.39. The van der Waals surface area contributed by atoms with Gasteiger partial charge in [0.15, 0.2) is 0 Å². The number of aryl methyl sites for hydroxylation is 2. The maximum atomic E-state index is 14.4. The molecule has 1 aromatic heterocycles. The fourth-order valence-corrected chi connectivity index (χ4v) is 5.62. The number of nitrogens with one attached hydrogen (secondary N) is 1. The summed E-state index contributed by atoms with van der Waals surface area (Å²) in [6, 6.07) is 20.0. The average molecular weight is 528 g/mol. The zero-order valence-corrected chi connectivity index (χ0v) is 22.1. The number of carbonyl (C=O) groups excluding carboxylic acids is 3. The molecule has 3 aromatic carbocycles. The highest BCUT2D eigenvalue weighted by atomic mass is 32.2. The first kappa shape index (κ1) is 25.5. The molecule has 1 aliphatic heterocycles. The van der Waals surface area contributed by atoms with E-state index in [9.17, 15) is 18.8 Å². The van der Waals surface area contributed by atoms with Crippen molar-refractivity contribution in [2.45, 2.75) is 27.3 Å². The molecule has 0 bridgehead atoms. The summed E-state index contributed by atoms with van der Waals surface area (Å²) in [6.07, 6.45) is 1.70. The van der Waals surface area contributed by atoms with Crippen LogP contribution < -0.4 is 5.32 Å². The van der Waals surface area contributed by atoms with Crippen molar-refractivity contribution >= 4 is 51.5 Å². The summed E-state index contributed by atoms with van der Waals surface area (Å²) in [4.78, 5) is 39.8. The second-order valence-corrected chi connectivity index (χ2v) is 10.4. The molecule has 1 aliphatic rings. The molecule has 8 heteroatoms. The van der Waals surface area contributed by atoms with E-state index in [0.717, 1.165) is 49.9 Å². The zero-order valence-electron chi connectivity index (χ0n) is 21.2. The van der Waals surface area contributed by atoms with Crippen LogP contribution in [0.3, 0.4) is 0 Å². The van der Waals surface area contributed by atoms with Gasteiger partial charge in [0.05, 0.1) is 11.4 Å². The Kier molecular flexibility index (Phi) is 6.91. The van der Waals surface area contributed by atoms with Crippen LogP contribution >= 0.6 is 11.8 Å². The van der Waals surface area contributed by atoms with Crippen LogP contribution in [0, 0.1) is 26.6 Å². The molecule has 1 fully saturated rings. The molecular weight excluding hydrogens is 501 g/mol. The van der Waals surface area contributed by atoms with Crippen molar-refractivity contribution in [3.05, 3.63) is 105 Å². The highest BCUT2D eigenvalue weighted by Gasteiger charge is 2.36. The van der Waals surface area contributed by atoms with E-state index in [1.807, 2.05) is 67.8 Å². The van der Waals surface area contributed by atoms with Crippen molar-refractivity contribution in [2.24, 2.45) is 0 Å². The Labute approximate surface area is 224 Å². The van der Waals surface area contributed by atoms with Gasteiger partial charge in [0.1, 0.15) is 12.4 Å². The van der Waals surface area contributed by atoms with E-state index in [1.54, 1.807) is 24.3 Å². The van der Waals surface area contributed by atoms with E-state index in [1.165, 1.54) is 6.07 Å².